The number of aromatic hydroxyl groups is 1. The number of Topliss-reactive ketones (excluding diaryl/α,β-unsaturated/α-hetero) is 1. The highest BCUT2D eigenvalue weighted by Crippen LogP contribution is 2.43. The van der Waals surface area contributed by atoms with Crippen LogP contribution in [0.1, 0.15) is 29.7 Å². The van der Waals surface area contributed by atoms with Crippen molar-refractivity contribution >= 4 is 17.4 Å². The number of aliphatic hydroxyl groups is 1. The average molecular weight is 508 g/mol. The van der Waals surface area contributed by atoms with Crippen LogP contribution in [-0.4, -0.2) is 47.6 Å². The third-order valence-electron chi connectivity index (χ3n) is 6.07. The molecule has 1 aliphatic heterocycles. The van der Waals surface area contributed by atoms with E-state index in [0.29, 0.717) is 16.9 Å². The van der Waals surface area contributed by atoms with E-state index in [-0.39, 0.29) is 41.5 Å². The molecule has 1 atom stereocenters. The molecule has 3 aromatic carbocycles. The quantitative estimate of drug-likeness (QED) is 0.261. The van der Waals surface area contributed by atoms with Gasteiger partial charge in [0.2, 0.25) is 0 Å². The van der Waals surface area contributed by atoms with Gasteiger partial charge in [-0.15, -0.1) is 0 Å². The van der Waals surface area contributed by atoms with E-state index in [9.17, 15) is 24.2 Å². The van der Waals surface area contributed by atoms with Gasteiger partial charge in [-0.2, -0.15) is 0 Å². The fourth-order valence-electron chi connectivity index (χ4n) is 4.30. The van der Waals surface area contributed by atoms with E-state index < -0.39 is 29.3 Å². The molecule has 1 saturated heterocycles. The van der Waals surface area contributed by atoms with E-state index in [1.807, 2.05) is 0 Å². The van der Waals surface area contributed by atoms with Gasteiger partial charge >= 0.3 is 0 Å². The third kappa shape index (κ3) is 4.93. The molecule has 4 rings (SSSR count). The number of hydrogen-bond donors (Lipinski definition) is 2. The normalized spacial score (nSPS) is 16.6. The van der Waals surface area contributed by atoms with E-state index in [2.05, 4.69) is 0 Å². The Morgan fingerprint density at radius 3 is 2.35 bits per heavy atom. The molecule has 0 aliphatic carbocycles. The largest absolute Gasteiger partial charge is 0.507 e. The summed E-state index contributed by atoms with van der Waals surface area (Å²) < 4.78 is 30.1. The second kappa shape index (κ2) is 10.6. The number of likely N-dealkylation sites (tertiary alicyclic amines) is 1. The highest BCUT2D eigenvalue weighted by Gasteiger charge is 2.46. The topological polar surface area (TPSA) is 106 Å². The van der Waals surface area contributed by atoms with Crippen molar-refractivity contribution in [3.8, 4) is 23.0 Å². The number of carbonyl (C=O) groups excluding carboxylic acids is 2. The zero-order valence-corrected chi connectivity index (χ0v) is 20.5. The number of benzene rings is 3. The summed E-state index contributed by atoms with van der Waals surface area (Å²) in [5.74, 6) is -2.24. The van der Waals surface area contributed by atoms with Gasteiger partial charge in [-0.05, 0) is 60.5 Å². The zero-order chi connectivity index (χ0) is 26.7. The summed E-state index contributed by atoms with van der Waals surface area (Å²) in [7, 11) is 2.88. The fraction of sp³-hybridized carbons (Fsp3) is 0.214. The molecule has 1 unspecified atom stereocenters. The lowest BCUT2D eigenvalue weighted by molar-refractivity contribution is -0.140. The molecule has 0 bridgehead atoms. The summed E-state index contributed by atoms with van der Waals surface area (Å²) in [6.45, 7) is 2.04. The lowest BCUT2D eigenvalue weighted by Gasteiger charge is -2.26. The van der Waals surface area contributed by atoms with Crippen molar-refractivity contribution in [2.24, 2.45) is 0 Å². The van der Waals surface area contributed by atoms with Gasteiger partial charge in [0.1, 0.15) is 23.1 Å². The number of carbonyl (C=O) groups is 2. The van der Waals surface area contributed by atoms with Gasteiger partial charge in [0.25, 0.3) is 11.7 Å². The Morgan fingerprint density at radius 1 is 0.973 bits per heavy atom. The number of hydrogen-bond acceptors (Lipinski definition) is 7. The molecule has 192 valence electrons. The van der Waals surface area contributed by atoms with Crippen molar-refractivity contribution in [1.29, 1.82) is 0 Å². The molecule has 1 heterocycles. The Morgan fingerprint density at radius 2 is 1.70 bits per heavy atom. The predicted molar refractivity (Wildman–Crippen MR) is 133 cm³/mol. The smallest absolute Gasteiger partial charge is 0.295 e. The standard InChI is InChI=1S/C28H26FNO7/c1-4-37-23-13-17(7-11-21(23)31)25-24(26(32)20-14-18(29)8-12-22(20)36-3)27(33)28(34)30(25)15-16-5-9-19(35-2)10-6-16/h5-14,25,31-32H,4,15H2,1-3H3/b26-24+. The van der Waals surface area contributed by atoms with Crippen LogP contribution in [0, 0.1) is 5.82 Å². The first-order chi connectivity index (χ1) is 17.8. The maximum Gasteiger partial charge on any atom is 0.295 e. The van der Waals surface area contributed by atoms with Crippen LogP contribution in [0.15, 0.2) is 66.2 Å². The van der Waals surface area contributed by atoms with Crippen molar-refractivity contribution in [3.63, 3.8) is 0 Å². The Kier molecular flexibility index (Phi) is 7.33. The number of amides is 1. The number of phenolic OH excluding ortho intramolecular Hbond substituents is 1. The number of aliphatic hydroxyl groups excluding tert-OH is 1. The molecule has 0 radical (unpaired) electrons. The molecule has 8 nitrogen and oxygen atoms in total. The summed E-state index contributed by atoms with van der Waals surface area (Å²) >= 11 is 0. The molecular weight excluding hydrogens is 481 g/mol. The monoisotopic (exact) mass is 507 g/mol. The summed E-state index contributed by atoms with van der Waals surface area (Å²) in [4.78, 5) is 27.9. The Labute approximate surface area is 213 Å². The zero-order valence-electron chi connectivity index (χ0n) is 20.5. The highest BCUT2D eigenvalue weighted by atomic mass is 19.1. The number of phenols is 1. The second-order valence-electron chi connectivity index (χ2n) is 8.28. The summed E-state index contributed by atoms with van der Waals surface area (Å²) in [5, 5.41) is 21.5. The predicted octanol–water partition coefficient (Wildman–Crippen LogP) is 4.57. The lowest BCUT2D eigenvalue weighted by Crippen LogP contribution is -2.29. The van der Waals surface area contributed by atoms with Gasteiger partial charge in [-0.3, -0.25) is 9.59 Å². The molecule has 3 aromatic rings. The second-order valence-corrected chi connectivity index (χ2v) is 8.28. The van der Waals surface area contributed by atoms with E-state index in [4.69, 9.17) is 14.2 Å². The van der Waals surface area contributed by atoms with Gasteiger partial charge < -0.3 is 29.3 Å². The van der Waals surface area contributed by atoms with Gasteiger partial charge in [0.15, 0.2) is 11.5 Å². The van der Waals surface area contributed by atoms with Gasteiger partial charge in [-0.1, -0.05) is 18.2 Å². The van der Waals surface area contributed by atoms with Crippen LogP contribution < -0.4 is 14.2 Å². The number of nitrogens with zero attached hydrogens (tertiary/aromatic N) is 1. The van der Waals surface area contributed by atoms with Gasteiger partial charge in [0, 0.05) is 6.54 Å². The van der Waals surface area contributed by atoms with E-state index in [0.717, 1.165) is 12.1 Å². The van der Waals surface area contributed by atoms with Crippen molar-refractivity contribution in [2.45, 2.75) is 19.5 Å². The molecule has 2 N–H and O–H groups in total. The summed E-state index contributed by atoms with van der Waals surface area (Å²) in [5.41, 5.74) is 0.806. The molecule has 0 saturated carbocycles. The molecule has 1 aliphatic rings. The molecule has 9 heteroatoms. The van der Waals surface area contributed by atoms with Crippen LogP contribution in [0.5, 0.6) is 23.0 Å². The number of rotatable bonds is 8. The van der Waals surface area contributed by atoms with Crippen molar-refractivity contribution in [2.75, 3.05) is 20.8 Å². The van der Waals surface area contributed by atoms with E-state index >= 15 is 0 Å². The summed E-state index contributed by atoms with van der Waals surface area (Å²) in [6, 6.07) is 13.8. The van der Waals surface area contributed by atoms with Gasteiger partial charge in [0.05, 0.1) is 38.0 Å². The number of ketones is 1. The first-order valence-electron chi connectivity index (χ1n) is 11.5. The van der Waals surface area contributed by atoms with Crippen LogP contribution in [0.4, 0.5) is 4.39 Å². The summed E-state index contributed by atoms with van der Waals surface area (Å²) in [6.07, 6.45) is 0. The number of methoxy groups -OCH3 is 2. The van der Waals surface area contributed by atoms with E-state index in [1.54, 1.807) is 31.2 Å². The maximum absolute atomic E-state index is 14.1. The minimum absolute atomic E-state index is 0.0289. The molecule has 37 heavy (non-hydrogen) atoms. The highest BCUT2D eigenvalue weighted by molar-refractivity contribution is 6.46. The minimum atomic E-state index is -1.06. The van der Waals surface area contributed by atoms with E-state index in [1.165, 1.54) is 43.4 Å². The van der Waals surface area contributed by atoms with Crippen LogP contribution in [0.3, 0.4) is 0 Å². The Balaban J connectivity index is 1.90. The molecule has 1 amide bonds. The minimum Gasteiger partial charge on any atom is -0.507 e. The van der Waals surface area contributed by atoms with Gasteiger partial charge in [-0.25, -0.2) is 4.39 Å². The Bertz CT molecular complexity index is 1370. The molecule has 1 fully saturated rings. The number of halogens is 1. The average Bonchev–Trinajstić information content (AvgIpc) is 3.15. The maximum atomic E-state index is 14.1. The van der Waals surface area contributed by atoms with Crippen LogP contribution in [0.25, 0.3) is 5.76 Å². The van der Waals surface area contributed by atoms with Crippen molar-refractivity contribution < 1.29 is 38.4 Å². The SMILES string of the molecule is CCOc1cc(C2/C(=C(\O)c3cc(F)ccc3OC)C(=O)C(=O)N2Cc2ccc(OC)cc2)ccc1O. The molecule has 0 spiro atoms. The molecule has 0 aromatic heterocycles. The van der Waals surface area contributed by atoms with Crippen LogP contribution in [-0.2, 0) is 16.1 Å². The first-order valence-corrected chi connectivity index (χ1v) is 11.5. The molecular formula is C28H26FNO7. The first kappa shape index (κ1) is 25.6. The van der Waals surface area contributed by atoms with Crippen LogP contribution in [0.2, 0.25) is 0 Å². The number of ether oxygens (including phenoxy) is 3. The van der Waals surface area contributed by atoms with Crippen LogP contribution >= 0.6 is 0 Å². The third-order valence-corrected chi connectivity index (χ3v) is 6.07. The Hall–Kier alpha value is -4.53. The lowest BCUT2D eigenvalue weighted by atomic mass is 9.94. The van der Waals surface area contributed by atoms with Crippen molar-refractivity contribution in [1.82, 2.24) is 4.90 Å². The van der Waals surface area contributed by atoms with Crippen molar-refractivity contribution in [3.05, 3.63) is 88.7 Å². The fourth-order valence-corrected chi connectivity index (χ4v) is 4.30.